The van der Waals surface area contributed by atoms with Gasteiger partial charge in [-0.15, -0.1) is 0 Å². The first kappa shape index (κ1) is 12.5. The van der Waals surface area contributed by atoms with E-state index in [1.165, 1.54) is 0 Å². The molecule has 1 aliphatic rings. The van der Waals surface area contributed by atoms with Gasteiger partial charge in [-0.2, -0.15) is 0 Å². The lowest BCUT2D eigenvalue weighted by atomic mass is 9.78. The van der Waals surface area contributed by atoms with Gasteiger partial charge < -0.3 is 10.8 Å². The number of hydrogen-bond acceptors (Lipinski definition) is 2. The van der Waals surface area contributed by atoms with Crippen LogP contribution in [0.3, 0.4) is 0 Å². The molecule has 0 heterocycles. The van der Waals surface area contributed by atoms with E-state index in [0.717, 1.165) is 38.5 Å². The average molecular weight is 213 g/mol. The van der Waals surface area contributed by atoms with Crippen molar-refractivity contribution in [2.45, 2.75) is 57.9 Å². The van der Waals surface area contributed by atoms with Crippen LogP contribution in [0.2, 0.25) is 0 Å². The van der Waals surface area contributed by atoms with Gasteiger partial charge in [0, 0.05) is 5.54 Å². The number of carboxylic acids is 1. The Bertz CT molecular complexity index is 212. The van der Waals surface area contributed by atoms with E-state index >= 15 is 0 Å². The molecule has 0 amide bonds. The number of hydrogen-bond donors (Lipinski definition) is 2. The molecule has 1 fully saturated rings. The quantitative estimate of drug-likeness (QED) is 0.753. The Morgan fingerprint density at radius 1 is 1.33 bits per heavy atom. The van der Waals surface area contributed by atoms with E-state index in [2.05, 4.69) is 13.8 Å². The molecule has 3 nitrogen and oxygen atoms in total. The van der Waals surface area contributed by atoms with Crippen LogP contribution in [0, 0.1) is 11.8 Å². The maximum atomic E-state index is 10.8. The van der Waals surface area contributed by atoms with Gasteiger partial charge in [0.2, 0.25) is 0 Å². The Morgan fingerprint density at radius 2 is 1.87 bits per heavy atom. The summed E-state index contributed by atoms with van der Waals surface area (Å²) in [5.41, 5.74) is 5.85. The van der Waals surface area contributed by atoms with Crippen molar-refractivity contribution in [1.29, 1.82) is 0 Å². The topological polar surface area (TPSA) is 63.3 Å². The van der Waals surface area contributed by atoms with Crippen molar-refractivity contribution >= 4 is 5.97 Å². The van der Waals surface area contributed by atoms with Gasteiger partial charge in [-0.25, -0.2) is 0 Å². The number of aliphatic carboxylic acids is 1. The average Bonchev–Trinajstić information content (AvgIpc) is 2.14. The van der Waals surface area contributed by atoms with Crippen LogP contribution in [0.25, 0.3) is 0 Å². The molecule has 15 heavy (non-hydrogen) atoms. The SMILES string of the molecule is CC(C)(N)CCC1CCC(C(=O)O)CC1. The predicted octanol–water partition coefficient (Wildman–Crippen LogP) is 2.39. The van der Waals surface area contributed by atoms with Crippen molar-refractivity contribution in [3.63, 3.8) is 0 Å². The van der Waals surface area contributed by atoms with Crippen LogP contribution in [-0.2, 0) is 4.79 Å². The Balaban J connectivity index is 2.23. The van der Waals surface area contributed by atoms with Crippen molar-refractivity contribution in [2.75, 3.05) is 0 Å². The summed E-state index contributed by atoms with van der Waals surface area (Å²) in [6, 6.07) is 0. The van der Waals surface area contributed by atoms with Crippen LogP contribution in [-0.4, -0.2) is 16.6 Å². The summed E-state index contributed by atoms with van der Waals surface area (Å²) in [6.07, 6.45) is 6.02. The summed E-state index contributed by atoms with van der Waals surface area (Å²) in [5.74, 6) is -0.0110. The fourth-order valence-corrected chi connectivity index (χ4v) is 2.27. The number of rotatable bonds is 4. The molecule has 3 N–H and O–H groups in total. The third-order valence-electron chi connectivity index (χ3n) is 3.39. The van der Waals surface area contributed by atoms with Crippen LogP contribution in [0.15, 0.2) is 0 Å². The predicted molar refractivity (Wildman–Crippen MR) is 60.6 cm³/mol. The van der Waals surface area contributed by atoms with Gasteiger partial charge in [0.25, 0.3) is 0 Å². The molecule has 0 aliphatic heterocycles. The molecule has 88 valence electrons. The summed E-state index contributed by atoms with van der Waals surface area (Å²) in [4.78, 5) is 10.8. The van der Waals surface area contributed by atoms with E-state index in [1.807, 2.05) is 0 Å². The highest BCUT2D eigenvalue weighted by Crippen LogP contribution is 2.32. The summed E-state index contributed by atoms with van der Waals surface area (Å²) in [5, 5.41) is 8.86. The first-order valence-electron chi connectivity index (χ1n) is 5.90. The van der Waals surface area contributed by atoms with E-state index in [-0.39, 0.29) is 11.5 Å². The zero-order valence-electron chi connectivity index (χ0n) is 9.83. The molecule has 0 spiro atoms. The second-order valence-electron chi connectivity index (χ2n) is 5.58. The summed E-state index contributed by atoms with van der Waals surface area (Å²) >= 11 is 0. The minimum Gasteiger partial charge on any atom is -0.481 e. The Kier molecular flexibility index (Phi) is 4.14. The first-order valence-corrected chi connectivity index (χ1v) is 5.90. The highest BCUT2D eigenvalue weighted by atomic mass is 16.4. The molecule has 1 aliphatic carbocycles. The number of carboxylic acid groups (broad SMARTS) is 1. The van der Waals surface area contributed by atoms with E-state index in [0.29, 0.717) is 5.92 Å². The minimum absolute atomic E-state index is 0.0797. The maximum absolute atomic E-state index is 10.8. The third-order valence-corrected chi connectivity index (χ3v) is 3.39. The fraction of sp³-hybridized carbons (Fsp3) is 0.917. The molecule has 0 aromatic rings. The van der Waals surface area contributed by atoms with Gasteiger partial charge in [0.05, 0.1) is 5.92 Å². The molecular formula is C12H23NO2. The normalized spacial score (nSPS) is 27.7. The molecular weight excluding hydrogens is 190 g/mol. The van der Waals surface area contributed by atoms with Crippen molar-refractivity contribution in [3.05, 3.63) is 0 Å². The first-order chi connectivity index (χ1) is 6.88. The Hall–Kier alpha value is -0.570. The lowest BCUT2D eigenvalue weighted by molar-refractivity contribution is -0.143. The second kappa shape index (κ2) is 4.97. The van der Waals surface area contributed by atoms with Crippen LogP contribution < -0.4 is 5.73 Å². The molecule has 0 unspecified atom stereocenters. The van der Waals surface area contributed by atoms with Crippen LogP contribution in [0.5, 0.6) is 0 Å². The molecule has 0 aromatic carbocycles. The Labute approximate surface area is 92.0 Å². The van der Waals surface area contributed by atoms with Crippen LogP contribution in [0.1, 0.15) is 52.4 Å². The molecule has 0 bridgehead atoms. The zero-order chi connectivity index (χ0) is 11.5. The van der Waals surface area contributed by atoms with E-state index < -0.39 is 5.97 Å². The Morgan fingerprint density at radius 3 is 2.27 bits per heavy atom. The van der Waals surface area contributed by atoms with Gasteiger partial charge in [-0.3, -0.25) is 4.79 Å². The lowest BCUT2D eigenvalue weighted by Gasteiger charge is -2.28. The molecule has 0 atom stereocenters. The monoisotopic (exact) mass is 213 g/mol. The third kappa shape index (κ3) is 4.65. The van der Waals surface area contributed by atoms with E-state index in [1.54, 1.807) is 0 Å². The molecule has 0 saturated heterocycles. The zero-order valence-corrected chi connectivity index (χ0v) is 9.83. The lowest BCUT2D eigenvalue weighted by Crippen LogP contribution is -2.32. The molecule has 1 saturated carbocycles. The van der Waals surface area contributed by atoms with Crippen LogP contribution >= 0.6 is 0 Å². The van der Waals surface area contributed by atoms with Crippen LogP contribution in [0.4, 0.5) is 0 Å². The molecule has 1 rings (SSSR count). The van der Waals surface area contributed by atoms with Crippen molar-refractivity contribution < 1.29 is 9.90 Å². The molecule has 3 heteroatoms. The fourth-order valence-electron chi connectivity index (χ4n) is 2.27. The highest BCUT2D eigenvalue weighted by molar-refractivity contribution is 5.69. The smallest absolute Gasteiger partial charge is 0.306 e. The second-order valence-corrected chi connectivity index (χ2v) is 5.58. The summed E-state index contributed by atoms with van der Waals surface area (Å²) < 4.78 is 0. The van der Waals surface area contributed by atoms with E-state index in [4.69, 9.17) is 10.8 Å². The van der Waals surface area contributed by atoms with Gasteiger partial charge in [-0.1, -0.05) is 0 Å². The molecule has 0 aromatic heterocycles. The standard InChI is InChI=1S/C12H23NO2/c1-12(2,13)8-7-9-3-5-10(6-4-9)11(14)15/h9-10H,3-8,13H2,1-2H3,(H,14,15). The van der Waals surface area contributed by atoms with Crippen molar-refractivity contribution in [1.82, 2.24) is 0 Å². The highest BCUT2D eigenvalue weighted by Gasteiger charge is 2.26. The largest absolute Gasteiger partial charge is 0.481 e. The number of nitrogens with two attached hydrogens (primary N) is 1. The molecule has 0 radical (unpaired) electrons. The van der Waals surface area contributed by atoms with Gasteiger partial charge >= 0.3 is 5.97 Å². The number of carbonyl (C=O) groups is 1. The van der Waals surface area contributed by atoms with Gasteiger partial charge in [-0.05, 0) is 58.3 Å². The summed E-state index contributed by atoms with van der Waals surface area (Å²) in [6.45, 7) is 4.10. The minimum atomic E-state index is -0.618. The van der Waals surface area contributed by atoms with Crippen molar-refractivity contribution in [2.24, 2.45) is 17.6 Å². The maximum Gasteiger partial charge on any atom is 0.306 e. The summed E-state index contributed by atoms with van der Waals surface area (Å²) in [7, 11) is 0. The van der Waals surface area contributed by atoms with Crippen molar-refractivity contribution in [3.8, 4) is 0 Å². The van der Waals surface area contributed by atoms with Gasteiger partial charge in [0.15, 0.2) is 0 Å². The van der Waals surface area contributed by atoms with Gasteiger partial charge in [0.1, 0.15) is 0 Å². The van der Waals surface area contributed by atoms with E-state index in [9.17, 15) is 4.79 Å².